The molecule has 1 atom stereocenters. The Hall–Kier alpha value is -0.900. The fourth-order valence-electron chi connectivity index (χ4n) is 2.96. The average molecular weight is 275 g/mol. The quantitative estimate of drug-likeness (QED) is 0.859. The first-order valence-electron chi connectivity index (χ1n) is 7.94. The molecule has 20 heavy (non-hydrogen) atoms. The SMILES string of the molecule is CCNCc1cccc(CN2CCN(C)C(CC)C2)c1. The van der Waals surface area contributed by atoms with Crippen LogP contribution in [0.25, 0.3) is 0 Å². The molecule has 1 N–H and O–H groups in total. The number of hydrogen-bond donors (Lipinski definition) is 1. The molecule has 0 saturated carbocycles. The highest BCUT2D eigenvalue weighted by molar-refractivity contribution is 5.23. The predicted molar refractivity (Wildman–Crippen MR) is 85.8 cm³/mol. The topological polar surface area (TPSA) is 18.5 Å². The number of rotatable bonds is 6. The average Bonchev–Trinajstić information content (AvgIpc) is 2.47. The van der Waals surface area contributed by atoms with Crippen molar-refractivity contribution in [3.63, 3.8) is 0 Å². The highest BCUT2D eigenvalue weighted by Gasteiger charge is 2.22. The molecule has 2 rings (SSSR count). The van der Waals surface area contributed by atoms with Gasteiger partial charge < -0.3 is 10.2 Å². The molecule has 0 aromatic heterocycles. The Balaban J connectivity index is 1.92. The zero-order valence-electron chi connectivity index (χ0n) is 13.2. The third-order valence-corrected chi connectivity index (χ3v) is 4.31. The van der Waals surface area contributed by atoms with Crippen LogP contribution in [0.5, 0.6) is 0 Å². The van der Waals surface area contributed by atoms with Crippen LogP contribution in [0.4, 0.5) is 0 Å². The summed E-state index contributed by atoms with van der Waals surface area (Å²) in [6.07, 6.45) is 1.24. The molecule has 1 heterocycles. The largest absolute Gasteiger partial charge is 0.313 e. The van der Waals surface area contributed by atoms with Crippen molar-refractivity contribution in [3.8, 4) is 0 Å². The number of likely N-dealkylation sites (N-methyl/N-ethyl adjacent to an activating group) is 1. The number of benzene rings is 1. The van der Waals surface area contributed by atoms with Crippen LogP contribution in [0, 0.1) is 0 Å². The summed E-state index contributed by atoms with van der Waals surface area (Å²) >= 11 is 0. The van der Waals surface area contributed by atoms with Crippen LogP contribution in [-0.4, -0.2) is 49.1 Å². The summed E-state index contributed by atoms with van der Waals surface area (Å²) < 4.78 is 0. The van der Waals surface area contributed by atoms with Crippen LogP contribution in [0.1, 0.15) is 31.4 Å². The van der Waals surface area contributed by atoms with Crippen LogP contribution in [0.15, 0.2) is 24.3 Å². The molecule has 0 radical (unpaired) electrons. The second-order valence-electron chi connectivity index (χ2n) is 5.88. The van der Waals surface area contributed by atoms with Gasteiger partial charge in [-0.05, 0) is 31.1 Å². The van der Waals surface area contributed by atoms with E-state index < -0.39 is 0 Å². The van der Waals surface area contributed by atoms with Crippen molar-refractivity contribution in [2.45, 2.75) is 39.4 Å². The van der Waals surface area contributed by atoms with E-state index in [2.05, 4.69) is 60.3 Å². The molecule has 0 spiro atoms. The van der Waals surface area contributed by atoms with Crippen LogP contribution in [0.3, 0.4) is 0 Å². The third kappa shape index (κ3) is 4.30. The van der Waals surface area contributed by atoms with Gasteiger partial charge in [0.1, 0.15) is 0 Å². The van der Waals surface area contributed by atoms with Gasteiger partial charge in [0.15, 0.2) is 0 Å². The Morgan fingerprint density at radius 2 is 2.00 bits per heavy atom. The molecule has 1 unspecified atom stereocenters. The van der Waals surface area contributed by atoms with Gasteiger partial charge in [0.25, 0.3) is 0 Å². The zero-order chi connectivity index (χ0) is 14.4. The number of piperazine rings is 1. The third-order valence-electron chi connectivity index (χ3n) is 4.31. The Morgan fingerprint density at radius 1 is 1.20 bits per heavy atom. The van der Waals surface area contributed by atoms with Gasteiger partial charge in [0.05, 0.1) is 0 Å². The Morgan fingerprint density at radius 3 is 2.75 bits per heavy atom. The maximum absolute atomic E-state index is 3.40. The molecule has 1 saturated heterocycles. The molecule has 1 aliphatic rings. The van der Waals surface area contributed by atoms with E-state index >= 15 is 0 Å². The van der Waals surface area contributed by atoms with Gasteiger partial charge in [-0.25, -0.2) is 0 Å². The highest BCUT2D eigenvalue weighted by atomic mass is 15.3. The smallest absolute Gasteiger partial charge is 0.0235 e. The summed E-state index contributed by atoms with van der Waals surface area (Å²) in [5, 5.41) is 3.40. The first kappa shape index (κ1) is 15.5. The molecule has 3 heteroatoms. The van der Waals surface area contributed by atoms with Crippen molar-refractivity contribution in [1.82, 2.24) is 15.1 Å². The fraction of sp³-hybridized carbons (Fsp3) is 0.647. The number of nitrogens with one attached hydrogen (secondary N) is 1. The Bertz CT molecular complexity index is 405. The molecule has 0 aliphatic carbocycles. The van der Waals surface area contributed by atoms with E-state index in [1.54, 1.807) is 0 Å². The maximum Gasteiger partial charge on any atom is 0.0235 e. The highest BCUT2D eigenvalue weighted by Crippen LogP contribution is 2.14. The van der Waals surface area contributed by atoms with E-state index in [9.17, 15) is 0 Å². The standard InChI is InChI=1S/C17H29N3/c1-4-17-14-20(10-9-19(17)3)13-16-8-6-7-15(11-16)12-18-5-2/h6-8,11,17-18H,4-5,9-10,12-14H2,1-3H3. The molecule has 1 aromatic carbocycles. The van der Waals surface area contributed by atoms with Gasteiger partial charge in [-0.1, -0.05) is 38.1 Å². The number of hydrogen-bond acceptors (Lipinski definition) is 3. The van der Waals surface area contributed by atoms with E-state index in [-0.39, 0.29) is 0 Å². The van der Waals surface area contributed by atoms with Crippen molar-refractivity contribution in [2.75, 3.05) is 33.2 Å². The molecular formula is C17H29N3. The van der Waals surface area contributed by atoms with Crippen molar-refractivity contribution in [1.29, 1.82) is 0 Å². The molecule has 3 nitrogen and oxygen atoms in total. The normalized spacial score (nSPS) is 21.2. The van der Waals surface area contributed by atoms with Crippen LogP contribution >= 0.6 is 0 Å². The van der Waals surface area contributed by atoms with Gasteiger partial charge in [-0.15, -0.1) is 0 Å². The minimum Gasteiger partial charge on any atom is -0.313 e. The summed E-state index contributed by atoms with van der Waals surface area (Å²) in [5.74, 6) is 0. The zero-order valence-corrected chi connectivity index (χ0v) is 13.2. The monoisotopic (exact) mass is 275 g/mol. The summed E-state index contributed by atoms with van der Waals surface area (Å²) in [6, 6.07) is 9.73. The van der Waals surface area contributed by atoms with Crippen LogP contribution in [-0.2, 0) is 13.1 Å². The summed E-state index contributed by atoms with van der Waals surface area (Å²) in [5.41, 5.74) is 2.84. The molecule has 112 valence electrons. The van der Waals surface area contributed by atoms with Gasteiger partial charge in [-0.2, -0.15) is 0 Å². The van der Waals surface area contributed by atoms with E-state index in [0.29, 0.717) is 6.04 Å². The molecule has 1 aliphatic heterocycles. The first-order valence-corrected chi connectivity index (χ1v) is 7.94. The number of nitrogens with zero attached hydrogens (tertiary/aromatic N) is 2. The van der Waals surface area contributed by atoms with Gasteiger partial charge in [0.2, 0.25) is 0 Å². The fourth-order valence-corrected chi connectivity index (χ4v) is 2.96. The lowest BCUT2D eigenvalue weighted by Gasteiger charge is -2.39. The summed E-state index contributed by atoms with van der Waals surface area (Å²) in [7, 11) is 2.25. The lowest BCUT2D eigenvalue weighted by Crippen LogP contribution is -2.50. The minimum absolute atomic E-state index is 0.716. The lowest BCUT2D eigenvalue weighted by atomic mass is 10.1. The van der Waals surface area contributed by atoms with Gasteiger partial charge >= 0.3 is 0 Å². The summed E-state index contributed by atoms with van der Waals surface area (Å²) in [4.78, 5) is 5.10. The van der Waals surface area contributed by atoms with E-state index in [1.807, 2.05) is 0 Å². The minimum atomic E-state index is 0.716. The van der Waals surface area contributed by atoms with Crippen LogP contribution in [0.2, 0.25) is 0 Å². The van der Waals surface area contributed by atoms with Gasteiger partial charge in [-0.3, -0.25) is 4.90 Å². The molecule has 0 bridgehead atoms. The molecule has 0 amide bonds. The van der Waals surface area contributed by atoms with E-state index in [1.165, 1.54) is 37.2 Å². The Labute approximate surface area is 124 Å². The van der Waals surface area contributed by atoms with Crippen molar-refractivity contribution in [3.05, 3.63) is 35.4 Å². The molecule has 1 fully saturated rings. The van der Waals surface area contributed by atoms with Gasteiger partial charge in [0, 0.05) is 38.8 Å². The molecule has 1 aromatic rings. The summed E-state index contributed by atoms with van der Waals surface area (Å²) in [6.45, 7) is 11.1. The maximum atomic E-state index is 3.40. The van der Waals surface area contributed by atoms with E-state index in [0.717, 1.165) is 19.6 Å². The first-order chi connectivity index (χ1) is 9.72. The van der Waals surface area contributed by atoms with Crippen molar-refractivity contribution >= 4 is 0 Å². The van der Waals surface area contributed by atoms with Crippen LogP contribution < -0.4 is 5.32 Å². The Kier molecular flexibility index (Phi) is 6.02. The molecular weight excluding hydrogens is 246 g/mol. The van der Waals surface area contributed by atoms with E-state index in [4.69, 9.17) is 0 Å². The predicted octanol–water partition coefficient (Wildman–Crippen LogP) is 2.32. The van der Waals surface area contributed by atoms with Crippen molar-refractivity contribution in [2.24, 2.45) is 0 Å². The lowest BCUT2D eigenvalue weighted by molar-refractivity contribution is 0.0883. The van der Waals surface area contributed by atoms with Crippen molar-refractivity contribution < 1.29 is 0 Å². The second kappa shape index (κ2) is 7.77. The second-order valence-corrected chi connectivity index (χ2v) is 5.88.